The van der Waals surface area contributed by atoms with Gasteiger partial charge in [-0.15, -0.1) is 0 Å². The molecule has 0 spiro atoms. The maximum atomic E-state index is 4.51. The van der Waals surface area contributed by atoms with Crippen molar-refractivity contribution >= 4 is 5.84 Å². The van der Waals surface area contributed by atoms with E-state index in [1.165, 1.54) is 51.2 Å². The monoisotopic (exact) mass is 195 g/mol. The Bertz CT molecular complexity index is 207. The van der Waals surface area contributed by atoms with Crippen molar-refractivity contribution in [3.05, 3.63) is 0 Å². The van der Waals surface area contributed by atoms with Crippen LogP contribution >= 0.6 is 0 Å². The van der Waals surface area contributed by atoms with Crippen molar-refractivity contribution in [3.63, 3.8) is 0 Å². The first kappa shape index (κ1) is 9.97. The zero-order chi connectivity index (χ0) is 9.80. The molecule has 0 aliphatic carbocycles. The minimum absolute atomic E-state index is 0.679. The van der Waals surface area contributed by atoms with E-state index in [9.17, 15) is 0 Å². The molecule has 1 fully saturated rings. The molecule has 3 heteroatoms. The van der Waals surface area contributed by atoms with Crippen LogP contribution in [0.25, 0.3) is 0 Å². The number of nitrogens with zero attached hydrogens (tertiary/aromatic N) is 2. The Balaban J connectivity index is 1.65. The smallest absolute Gasteiger partial charge is 0.0966 e. The number of amidine groups is 1. The molecule has 0 unspecified atom stereocenters. The lowest BCUT2D eigenvalue weighted by atomic mass is 10.1. The third-order valence-corrected chi connectivity index (χ3v) is 2.99. The highest BCUT2D eigenvalue weighted by atomic mass is 15.3. The molecule has 3 nitrogen and oxygen atoms in total. The summed E-state index contributed by atoms with van der Waals surface area (Å²) in [5.41, 5.74) is 0. The van der Waals surface area contributed by atoms with E-state index in [1.54, 1.807) is 0 Å². The van der Waals surface area contributed by atoms with E-state index < -0.39 is 0 Å². The van der Waals surface area contributed by atoms with Crippen LogP contribution in [0, 0.1) is 0 Å². The first-order valence-corrected chi connectivity index (χ1v) is 5.90. The normalized spacial score (nSPS) is 24.2. The van der Waals surface area contributed by atoms with Crippen molar-refractivity contribution in [2.24, 2.45) is 4.99 Å². The highest BCUT2D eigenvalue weighted by Crippen LogP contribution is 2.10. The molecule has 2 aliphatic heterocycles. The molecular formula is C11H21N3. The van der Waals surface area contributed by atoms with Crippen molar-refractivity contribution in [1.29, 1.82) is 0 Å². The molecule has 1 saturated heterocycles. The van der Waals surface area contributed by atoms with Crippen LogP contribution in [-0.4, -0.2) is 43.0 Å². The zero-order valence-electron chi connectivity index (χ0n) is 9.13. The highest BCUT2D eigenvalue weighted by molar-refractivity contribution is 5.83. The van der Waals surface area contributed by atoms with Gasteiger partial charge in [-0.05, 0) is 25.8 Å². The molecule has 0 saturated carbocycles. The summed E-state index contributed by atoms with van der Waals surface area (Å²) in [6.07, 6.45) is 5.03. The summed E-state index contributed by atoms with van der Waals surface area (Å²) < 4.78 is 0. The molecule has 0 bridgehead atoms. The number of hydrogen-bond acceptors (Lipinski definition) is 3. The minimum Gasteiger partial charge on any atom is -0.369 e. The van der Waals surface area contributed by atoms with Gasteiger partial charge >= 0.3 is 0 Å². The second-order valence-electron chi connectivity index (χ2n) is 4.39. The summed E-state index contributed by atoms with van der Waals surface area (Å²) in [7, 11) is 0. The summed E-state index contributed by atoms with van der Waals surface area (Å²) in [5.74, 6) is 1.26. The van der Waals surface area contributed by atoms with Crippen LogP contribution in [0.1, 0.15) is 32.6 Å². The third-order valence-electron chi connectivity index (χ3n) is 2.99. The van der Waals surface area contributed by atoms with Crippen molar-refractivity contribution < 1.29 is 0 Å². The molecule has 80 valence electrons. The van der Waals surface area contributed by atoms with E-state index in [2.05, 4.69) is 22.1 Å². The largest absolute Gasteiger partial charge is 0.369 e. The van der Waals surface area contributed by atoms with Gasteiger partial charge in [-0.2, -0.15) is 0 Å². The van der Waals surface area contributed by atoms with Gasteiger partial charge in [-0.1, -0.05) is 6.92 Å². The minimum atomic E-state index is 0.679. The predicted molar refractivity (Wildman–Crippen MR) is 59.8 cm³/mol. The molecule has 1 N–H and O–H groups in total. The first-order chi connectivity index (χ1) is 6.88. The summed E-state index contributed by atoms with van der Waals surface area (Å²) in [6, 6.07) is 0.679. The van der Waals surface area contributed by atoms with Crippen LogP contribution in [-0.2, 0) is 0 Å². The molecule has 0 aromatic carbocycles. The SMILES string of the molecule is CCCN1CC(NC2=NCCCC2)C1. The number of nitrogens with one attached hydrogen (secondary N) is 1. The Kier molecular flexibility index (Phi) is 3.40. The topological polar surface area (TPSA) is 27.6 Å². The maximum absolute atomic E-state index is 4.51. The number of aliphatic imine (C=N–C) groups is 1. The van der Waals surface area contributed by atoms with Crippen molar-refractivity contribution in [2.75, 3.05) is 26.2 Å². The average Bonchev–Trinajstić information content (AvgIpc) is 2.16. The van der Waals surface area contributed by atoms with E-state index in [0.29, 0.717) is 6.04 Å². The quantitative estimate of drug-likeness (QED) is 0.734. The zero-order valence-corrected chi connectivity index (χ0v) is 9.13. The Morgan fingerprint density at radius 1 is 1.43 bits per heavy atom. The summed E-state index contributed by atoms with van der Waals surface area (Å²) in [5, 5.41) is 3.55. The van der Waals surface area contributed by atoms with Crippen LogP contribution in [0.4, 0.5) is 0 Å². The van der Waals surface area contributed by atoms with E-state index in [0.717, 1.165) is 6.54 Å². The molecule has 14 heavy (non-hydrogen) atoms. The van der Waals surface area contributed by atoms with Crippen LogP contribution in [0.15, 0.2) is 4.99 Å². The fraction of sp³-hybridized carbons (Fsp3) is 0.909. The van der Waals surface area contributed by atoms with Gasteiger partial charge in [0.1, 0.15) is 0 Å². The molecule has 0 atom stereocenters. The Morgan fingerprint density at radius 3 is 2.93 bits per heavy atom. The molecular weight excluding hydrogens is 174 g/mol. The second kappa shape index (κ2) is 4.78. The molecule has 0 radical (unpaired) electrons. The summed E-state index contributed by atoms with van der Waals surface area (Å²) >= 11 is 0. The van der Waals surface area contributed by atoms with Gasteiger partial charge in [0.15, 0.2) is 0 Å². The molecule has 0 aromatic heterocycles. The van der Waals surface area contributed by atoms with Crippen LogP contribution in [0.3, 0.4) is 0 Å². The fourth-order valence-corrected chi connectivity index (χ4v) is 2.21. The lowest BCUT2D eigenvalue weighted by molar-refractivity contribution is 0.139. The van der Waals surface area contributed by atoms with Gasteiger partial charge in [0.2, 0.25) is 0 Å². The molecule has 2 rings (SSSR count). The third kappa shape index (κ3) is 2.47. The Morgan fingerprint density at radius 2 is 2.29 bits per heavy atom. The standard InChI is InChI=1S/C11H21N3/c1-2-7-14-8-10(9-14)13-11-5-3-4-6-12-11/h10H,2-9H2,1H3,(H,12,13). The van der Waals surface area contributed by atoms with Crippen LogP contribution in [0.2, 0.25) is 0 Å². The lowest BCUT2D eigenvalue weighted by Crippen LogP contribution is -2.59. The van der Waals surface area contributed by atoms with Gasteiger partial charge in [0.05, 0.1) is 11.9 Å². The molecule has 0 amide bonds. The van der Waals surface area contributed by atoms with Gasteiger partial charge in [0.25, 0.3) is 0 Å². The van der Waals surface area contributed by atoms with E-state index in [4.69, 9.17) is 0 Å². The second-order valence-corrected chi connectivity index (χ2v) is 4.39. The Hall–Kier alpha value is -0.570. The lowest BCUT2D eigenvalue weighted by Gasteiger charge is -2.40. The predicted octanol–water partition coefficient (Wildman–Crippen LogP) is 1.25. The van der Waals surface area contributed by atoms with Crippen LogP contribution in [0.5, 0.6) is 0 Å². The molecule has 0 aromatic rings. The number of rotatable bonds is 3. The summed E-state index contributed by atoms with van der Waals surface area (Å²) in [4.78, 5) is 7.01. The number of hydrogen-bond donors (Lipinski definition) is 1. The highest BCUT2D eigenvalue weighted by Gasteiger charge is 2.26. The average molecular weight is 195 g/mol. The van der Waals surface area contributed by atoms with Gasteiger partial charge in [-0.3, -0.25) is 9.89 Å². The Labute approximate surface area is 86.6 Å². The van der Waals surface area contributed by atoms with Gasteiger partial charge in [-0.25, -0.2) is 0 Å². The first-order valence-electron chi connectivity index (χ1n) is 5.90. The molecule has 2 heterocycles. The maximum Gasteiger partial charge on any atom is 0.0966 e. The van der Waals surface area contributed by atoms with Crippen molar-refractivity contribution in [2.45, 2.75) is 38.6 Å². The summed E-state index contributed by atoms with van der Waals surface area (Å²) in [6.45, 7) is 6.96. The van der Waals surface area contributed by atoms with E-state index >= 15 is 0 Å². The fourth-order valence-electron chi connectivity index (χ4n) is 2.21. The van der Waals surface area contributed by atoms with Gasteiger partial charge < -0.3 is 5.32 Å². The van der Waals surface area contributed by atoms with E-state index in [1.807, 2.05) is 0 Å². The van der Waals surface area contributed by atoms with Crippen LogP contribution < -0.4 is 5.32 Å². The van der Waals surface area contributed by atoms with Crippen molar-refractivity contribution in [1.82, 2.24) is 10.2 Å². The van der Waals surface area contributed by atoms with E-state index in [-0.39, 0.29) is 0 Å². The molecule has 2 aliphatic rings. The van der Waals surface area contributed by atoms with Gasteiger partial charge in [0, 0.05) is 26.1 Å². The van der Waals surface area contributed by atoms with Crippen molar-refractivity contribution in [3.8, 4) is 0 Å². The number of likely N-dealkylation sites (tertiary alicyclic amines) is 1.